The third-order valence-electron chi connectivity index (χ3n) is 4.41. The Bertz CT molecular complexity index is 408. The monoisotopic (exact) mass is 297 g/mol. The third kappa shape index (κ3) is 4.75. The van der Waals surface area contributed by atoms with Crippen molar-refractivity contribution >= 4 is 0 Å². The molecule has 3 heteroatoms. The van der Waals surface area contributed by atoms with E-state index in [4.69, 9.17) is 4.74 Å². The van der Waals surface area contributed by atoms with Crippen LogP contribution in [0.25, 0.3) is 0 Å². The average Bonchev–Trinajstić information content (AvgIpc) is 2.36. The molecule has 1 aromatic heterocycles. The maximum absolute atomic E-state index is 6.23. The number of ether oxygens (including phenoxy) is 1. The lowest BCUT2D eigenvalue weighted by atomic mass is 9.75. The molecule has 1 aliphatic carbocycles. The minimum Gasteiger partial charge on any atom is -1.00 e. The van der Waals surface area contributed by atoms with Crippen LogP contribution in [0.3, 0.4) is 0 Å². The van der Waals surface area contributed by atoms with E-state index in [0.29, 0.717) is 12.8 Å². The molecule has 0 saturated heterocycles. The van der Waals surface area contributed by atoms with Gasteiger partial charge in [-0.1, -0.05) is 27.2 Å². The van der Waals surface area contributed by atoms with Crippen LogP contribution in [0.5, 0.6) is 0 Å². The molecular formula is C17H28ClNO. The summed E-state index contributed by atoms with van der Waals surface area (Å²) in [6, 6.07) is 4.21. The van der Waals surface area contributed by atoms with Gasteiger partial charge in [0, 0.05) is 11.6 Å². The Hall–Kier alpha value is -0.600. The van der Waals surface area contributed by atoms with Crippen LogP contribution in [0.4, 0.5) is 0 Å². The minimum absolute atomic E-state index is 0. The molecule has 20 heavy (non-hydrogen) atoms. The summed E-state index contributed by atoms with van der Waals surface area (Å²) in [5.41, 5.74) is 1.28. The van der Waals surface area contributed by atoms with Crippen molar-refractivity contribution in [3.63, 3.8) is 0 Å². The summed E-state index contributed by atoms with van der Waals surface area (Å²) in [7, 11) is 0. The molecule has 0 unspecified atom stereocenters. The lowest BCUT2D eigenvalue weighted by Gasteiger charge is -2.36. The van der Waals surface area contributed by atoms with Gasteiger partial charge in [-0.3, -0.25) is 0 Å². The van der Waals surface area contributed by atoms with Crippen molar-refractivity contribution in [1.82, 2.24) is 0 Å². The molecule has 1 fully saturated rings. The van der Waals surface area contributed by atoms with E-state index in [0.717, 1.165) is 17.8 Å². The molecule has 0 bridgehead atoms. The van der Waals surface area contributed by atoms with Crippen LogP contribution in [-0.4, -0.2) is 6.10 Å². The first-order valence-electron chi connectivity index (χ1n) is 7.63. The predicted octanol–water partition coefficient (Wildman–Crippen LogP) is 0.721. The molecule has 0 N–H and O–H groups in total. The molecule has 1 heterocycles. The average molecular weight is 298 g/mol. The summed E-state index contributed by atoms with van der Waals surface area (Å²) in [6.07, 6.45) is 8.56. The molecule has 0 spiro atoms. The van der Waals surface area contributed by atoms with Gasteiger partial charge in [-0.2, -0.15) is 4.57 Å². The molecule has 0 radical (unpaired) electrons. The molecule has 1 saturated carbocycles. The van der Waals surface area contributed by atoms with Crippen LogP contribution >= 0.6 is 0 Å². The first kappa shape index (κ1) is 17.5. The molecule has 1 aliphatic rings. The second-order valence-corrected chi connectivity index (χ2v) is 6.56. The number of halogens is 1. The predicted molar refractivity (Wildman–Crippen MR) is 77.6 cm³/mol. The van der Waals surface area contributed by atoms with Crippen LogP contribution in [-0.2, 0) is 11.5 Å². The van der Waals surface area contributed by atoms with E-state index in [1.54, 1.807) is 0 Å². The Labute approximate surface area is 130 Å². The minimum atomic E-state index is 0. The zero-order valence-electron chi connectivity index (χ0n) is 13.2. The molecule has 114 valence electrons. The van der Waals surface area contributed by atoms with Crippen molar-refractivity contribution in [1.29, 1.82) is 0 Å². The molecule has 2 rings (SSSR count). The lowest BCUT2D eigenvalue weighted by molar-refractivity contribution is -0.735. The van der Waals surface area contributed by atoms with Gasteiger partial charge in [0.2, 0.25) is 0 Å². The van der Waals surface area contributed by atoms with Crippen molar-refractivity contribution in [3.05, 3.63) is 30.1 Å². The van der Waals surface area contributed by atoms with Crippen LogP contribution in [0, 0.1) is 24.7 Å². The zero-order chi connectivity index (χ0) is 13.8. The summed E-state index contributed by atoms with van der Waals surface area (Å²) in [5, 5.41) is 0. The number of hydrogen-bond acceptors (Lipinski definition) is 1. The highest BCUT2D eigenvalue weighted by Crippen LogP contribution is 2.35. The fourth-order valence-electron chi connectivity index (χ4n) is 3.22. The van der Waals surface area contributed by atoms with E-state index in [2.05, 4.69) is 56.8 Å². The van der Waals surface area contributed by atoms with Gasteiger partial charge in [-0.15, -0.1) is 0 Å². The summed E-state index contributed by atoms with van der Waals surface area (Å²) < 4.78 is 8.38. The Morgan fingerprint density at radius 3 is 2.75 bits per heavy atom. The van der Waals surface area contributed by atoms with Gasteiger partial charge in [0.05, 0.1) is 6.10 Å². The van der Waals surface area contributed by atoms with Crippen molar-refractivity contribution in [2.75, 3.05) is 0 Å². The maximum atomic E-state index is 6.23. The smallest absolute Gasteiger partial charge is 0.252 e. The zero-order valence-corrected chi connectivity index (χ0v) is 13.9. The highest BCUT2D eigenvalue weighted by molar-refractivity contribution is 5.01. The van der Waals surface area contributed by atoms with Crippen LogP contribution in [0.15, 0.2) is 24.5 Å². The van der Waals surface area contributed by atoms with Crippen molar-refractivity contribution in [2.45, 2.75) is 59.8 Å². The van der Waals surface area contributed by atoms with E-state index in [9.17, 15) is 0 Å². The van der Waals surface area contributed by atoms with E-state index in [-0.39, 0.29) is 12.4 Å². The Kier molecular flexibility index (Phi) is 6.97. The molecule has 2 nitrogen and oxygen atoms in total. The van der Waals surface area contributed by atoms with E-state index in [1.165, 1.54) is 24.8 Å². The fraction of sp³-hybridized carbons (Fsp3) is 0.706. The third-order valence-corrected chi connectivity index (χ3v) is 4.41. The number of aromatic nitrogens is 1. The van der Waals surface area contributed by atoms with Crippen LogP contribution < -0.4 is 17.0 Å². The summed E-state index contributed by atoms with van der Waals surface area (Å²) in [5.74, 6) is 2.25. The van der Waals surface area contributed by atoms with Crippen molar-refractivity contribution in [2.24, 2.45) is 17.8 Å². The van der Waals surface area contributed by atoms with E-state index < -0.39 is 0 Å². The van der Waals surface area contributed by atoms with Gasteiger partial charge >= 0.3 is 0 Å². The summed E-state index contributed by atoms with van der Waals surface area (Å²) in [4.78, 5) is 0. The van der Waals surface area contributed by atoms with Crippen molar-refractivity contribution < 1.29 is 21.7 Å². The second-order valence-electron chi connectivity index (χ2n) is 6.56. The fourth-order valence-corrected chi connectivity index (χ4v) is 3.22. The topological polar surface area (TPSA) is 13.1 Å². The maximum Gasteiger partial charge on any atom is 0.252 e. The Morgan fingerprint density at radius 2 is 2.10 bits per heavy atom. The highest BCUT2D eigenvalue weighted by atomic mass is 35.5. The number of pyridine rings is 1. The molecule has 1 aromatic rings. The quantitative estimate of drug-likeness (QED) is 0.747. The summed E-state index contributed by atoms with van der Waals surface area (Å²) >= 11 is 0. The molecule has 3 atom stereocenters. The van der Waals surface area contributed by atoms with Gasteiger partial charge in [0.25, 0.3) is 6.73 Å². The van der Waals surface area contributed by atoms with Gasteiger partial charge < -0.3 is 17.1 Å². The van der Waals surface area contributed by atoms with Gasteiger partial charge in [0.15, 0.2) is 12.4 Å². The molecular weight excluding hydrogens is 270 g/mol. The second kappa shape index (κ2) is 7.99. The van der Waals surface area contributed by atoms with Gasteiger partial charge in [-0.05, 0) is 43.6 Å². The van der Waals surface area contributed by atoms with Crippen LogP contribution in [0.1, 0.15) is 45.6 Å². The number of rotatable bonds is 4. The molecule has 0 aliphatic heterocycles. The number of hydrogen-bond donors (Lipinski definition) is 0. The normalized spacial score (nSPS) is 26.4. The number of nitrogens with zero attached hydrogens (tertiary/aromatic N) is 1. The Morgan fingerprint density at radius 1 is 1.35 bits per heavy atom. The van der Waals surface area contributed by atoms with Crippen molar-refractivity contribution in [3.8, 4) is 0 Å². The number of aryl methyl sites for hydroxylation is 1. The van der Waals surface area contributed by atoms with E-state index in [1.807, 2.05) is 0 Å². The summed E-state index contributed by atoms with van der Waals surface area (Å²) in [6.45, 7) is 9.82. The highest BCUT2D eigenvalue weighted by Gasteiger charge is 2.31. The van der Waals surface area contributed by atoms with Gasteiger partial charge in [-0.25, -0.2) is 0 Å². The molecule has 0 aromatic carbocycles. The van der Waals surface area contributed by atoms with E-state index >= 15 is 0 Å². The molecule has 0 amide bonds. The largest absolute Gasteiger partial charge is 1.00 e. The standard InChI is InChI=1S/C17H28NO.ClH/c1-13(2)16-8-7-14(3)10-17(16)19-12-18-9-5-6-15(4)11-18;/h5-6,9,11,13-14,16-17H,7-8,10,12H2,1-4H3;1H/q+1;/p-1/t14-,16+,17-;/m1./s1. The van der Waals surface area contributed by atoms with Crippen LogP contribution in [0.2, 0.25) is 0 Å². The Balaban J connectivity index is 0.00000200. The lowest BCUT2D eigenvalue weighted by Crippen LogP contribution is -3.00. The first-order valence-corrected chi connectivity index (χ1v) is 7.63. The SMILES string of the molecule is Cc1ccc[n+](CO[C@@H]2C[C@H](C)CC[C@H]2C(C)C)c1.[Cl-]. The first-order chi connectivity index (χ1) is 9.06. The van der Waals surface area contributed by atoms with Gasteiger partial charge in [0.1, 0.15) is 0 Å².